The predicted molar refractivity (Wildman–Crippen MR) is 45.4 cm³/mol. The molecular formula is C8H15NO4. The van der Waals surface area contributed by atoms with E-state index >= 15 is 0 Å². The molecule has 1 saturated heterocycles. The molecule has 0 aromatic rings. The van der Waals surface area contributed by atoms with Crippen LogP contribution in [0.2, 0.25) is 0 Å². The van der Waals surface area contributed by atoms with Gasteiger partial charge in [-0.15, -0.1) is 0 Å². The van der Waals surface area contributed by atoms with Crippen molar-refractivity contribution in [1.29, 1.82) is 0 Å². The van der Waals surface area contributed by atoms with Gasteiger partial charge in [-0.3, -0.25) is 0 Å². The number of hydrogen-bond donors (Lipinski definition) is 1. The lowest BCUT2D eigenvalue weighted by Gasteiger charge is -2.11. The summed E-state index contributed by atoms with van der Waals surface area (Å²) in [4.78, 5) is 12.7. The molecule has 1 aliphatic heterocycles. The number of aliphatic hydroxyl groups excluding tert-OH is 1. The van der Waals surface area contributed by atoms with Crippen LogP contribution in [0.3, 0.4) is 0 Å². The number of cyclic esters (lactones) is 1. The highest BCUT2D eigenvalue weighted by molar-refractivity contribution is 5.69. The number of carbonyl (C=O) groups is 1. The largest absolute Gasteiger partial charge is 0.442 e. The first-order valence-electron chi connectivity index (χ1n) is 4.33. The highest BCUT2D eigenvalue weighted by atomic mass is 16.6. The minimum absolute atomic E-state index is 0.105. The van der Waals surface area contributed by atoms with Gasteiger partial charge in [0.05, 0.1) is 13.2 Å². The van der Waals surface area contributed by atoms with E-state index in [-0.39, 0.29) is 18.8 Å². The fourth-order valence-electron chi connectivity index (χ4n) is 1.25. The molecule has 1 aliphatic rings. The van der Waals surface area contributed by atoms with Gasteiger partial charge >= 0.3 is 6.09 Å². The lowest BCUT2D eigenvalue weighted by atomic mass is 10.3. The Morgan fingerprint density at radius 1 is 1.77 bits per heavy atom. The summed E-state index contributed by atoms with van der Waals surface area (Å²) in [5, 5.41) is 8.74. The van der Waals surface area contributed by atoms with E-state index in [0.717, 1.165) is 6.42 Å². The van der Waals surface area contributed by atoms with Gasteiger partial charge in [0.1, 0.15) is 6.10 Å². The van der Waals surface area contributed by atoms with Crippen molar-refractivity contribution < 1.29 is 19.4 Å². The second-order valence-corrected chi connectivity index (χ2v) is 2.98. The molecule has 0 aromatic carbocycles. The summed E-state index contributed by atoms with van der Waals surface area (Å²) in [5.74, 6) is 0. The van der Waals surface area contributed by atoms with Crippen molar-refractivity contribution in [2.75, 3.05) is 33.4 Å². The average Bonchev–Trinajstić information content (AvgIpc) is 2.48. The zero-order valence-corrected chi connectivity index (χ0v) is 7.73. The standard InChI is InChI=1S/C8H15NO4/c1-12-4-2-3-9-5-7(6-10)13-8(9)11/h7,10H,2-6H2,1H3/t7-/m1/s1. The first-order valence-corrected chi connectivity index (χ1v) is 4.33. The highest BCUT2D eigenvalue weighted by Gasteiger charge is 2.29. The molecule has 1 amide bonds. The van der Waals surface area contributed by atoms with Crippen LogP contribution in [0.4, 0.5) is 4.79 Å². The van der Waals surface area contributed by atoms with E-state index in [2.05, 4.69) is 0 Å². The summed E-state index contributed by atoms with van der Waals surface area (Å²) in [6, 6.07) is 0. The van der Waals surface area contributed by atoms with E-state index in [9.17, 15) is 4.79 Å². The van der Waals surface area contributed by atoms with Gasteiger partial charge in [0, 0.05) is 20.3 Å². The molecule has 0 aliphatic carbocycles. The average molecular weight is 189 g/mol. The molecule has 76 valence electrons. The van der Waals surface area contributed by atoms with Gasteiger partial charge < -0.3 is 19.5 Å². The Morgan fingerprint density at radius 3 is 3.08 bits per heavy atom. The van der Waals surface area contributed by atoms with Crippen LogP contribution < -0.4 is 0 Å². The Hall–Kier alpha value is -0.810. The molecule has 0 spiro atoms. The Bertz CT molecular complexity index is 174. The number of nitrogens with zero attached hydrogens (tertiary/aromatic N) is 1. The highest BCUT2D eigenvalue weighted by Crippen LogP contribution is 2.10. The summed E-state index contributed by atoms with van der Waals surface area (Å²) in [5.41, 5.74) is 0. The molecular weight excluding hydrogens is 174 g/mol. The number of rotatable bonds is 5. The normalized spacial score (nSPS) is 22.2. The van der Waals surface area contributed by atoms with E-state index in [0.29, 0.717) is 19.7 Å². The lowest BCUT2D eigenvalue weighted by Crippen LogP contribution is -2.27. The predicted octanol–water partition coefficient (Wildman–Crippen LogP) is -0.164. The Kier molecular flexibility index (Phi) is 3.98. The van der Waals surface area contributed by atoms with Gasteiger partial charge in [-0.05, 0) is 6.42 Å². The number of aliphatic hydroxyl groups is 1. The first-order chi connectivity index (χ1) is 6.27. The number of methoxy groups -OCH3 is 1. The summed E-state index contributed by atoms with van der Waals surface area (Å²) in [7, 11) is 1.62. The third kappa shape index (κ3) is 2.86. The molecule has 1 heterocycles. The number of amides is 1. The molecule has 5 nitrogen and oxygen atoms in total. The first kappa shape index (κ1) is 10.3. The smallest absolute Gasteiger partial charge is 0.410 e. The zero-order valence-electron chi connectivity index (χ0n) is 7.73. The Labute approximate surface area is 77.2 Å². The van der Waals surface area contributed by atoms with Crippen LogP contribution in [0.5, 0.6) is 0 Å². The van der Waals surface area contributed by atoms with Crippen molar-refractivity contribution in [2.45, 2.75) is 12.5 Å². The third-order valence-corrected chi connectivity index (χ3v) is 1.93. The lowest BCUT2D eigenvalue weighted by molar-refractivity contribution is 0.0946. The molecule has 1 atom stereocenters. The molecule has 1 fully saturated rings. The second kappa shape index (κ2) is 5.04. The minimum atomic E-state index is -0.352. The maximum Gasteiger partial charge on any atom is 0.410 e. The van der Waals surface area contributed by atoms with Crippen LogP contribution in [0.1, 0.15) is 6.42 Å². The number of ether oxygens (including phenoxy) is 2. The summed E-state index contributed by atoms with van der Waals surface area (Å²) >= 11 is 0. The van der Waals surface area contributed by atoms with Crippen LogP contribution in [-0.4, -0.2) is 55.6 Å². The van der Waals surface area contributed by atoms with E-state index < -0.39 is 0 Å². The van der Waals surface area contributed by atoms with E-state index in [1.807, 2.05) is 0 Å². The molecule has 0 saturated carbocycles. The molecule has 0 unspecified atom stereocenters. The SMILES string of the molecule is COCCCN1C[C@H](CO)OC1=O. The zero-order chi connectivity index (χ0) is 9.68. The fourth-order valence-corrected chi connectivity index (χ4v) is 1.25. The van der Waals surface area contributed by atoms with Crippen molar-refractivity contribution in [3.8, 4) is 0 Å². The van der Waals surface area contributed by atoms with Crippen LogP contribution in [0, 0.1) is 0 Å². The number of hydrogen-bond acceptors (Lipinski definition) is 4. The van der Waals surface area contributed by atoms with Crippen LogP contribution in [0.25, 0.3) is 0 Å². The van der Waals surface area contributed by atoms with Gasteiger partial charge in [-0.2, -0.15) is 0 Å². The summed E-state index contributed by atoms with van der Waals surface area (Å²) in [6.07, 6.45) is 0.106. The minimum Gasteiger partial charge on any atom is -0.442 e. The molecule has 0 aromatic heterocycles. The topological polar surface area (TPSA) is 59.0 Å². The molecule has 0 radical (unpaired) electrons. The van der Waals surface area contributed by atoms with Gasteiger partial charge in [0.15, 0.2) is 0 Å². The third-order valence-electron chi connectivity index (χ3n) is 1.93. The fraction of sp³-hybridized carbons (Fsp3) is 0.875. The maximum atomic E-state index is 11.1. The van der Waals surface area contributed by atoms with Gasteiger partial charge in [-0.1, -0.05) is 0 Å². The number of carbonyl (C=O) groups excluding carboxylic acids is 1. The van der Waals surface area contributed by atoms with Gasteiger partial charge in [-0.25, -0.2) is 4.79 Å². The van der Waals surface area contributed by atoms with Gasteiger partial charge in [0.2, 0.25) is 0 Å². The molecule has 1 N–H and O–H groups in total. The monoisotopic (exact) mass is 189 g/mol. The van der Waals surface area contributed by atoms with E-state index in [4.69, 9.17) is 14.6 Å². The summed E-state index contributed by atoms with van der Waals surface area (Å²) < 4.78 is 9.71. The van der Waals surface area contributed by atoms with Crippen LogP contribution in [-0.2, 0) is 9.47 Å². The van der Waals surface area contributed by atoms with Crippen molar-refractivity contribution in [1.82, 2.24) is 4.90 Å². The molecule has 5 heteroatoms. The van der Waals surface area contributed by atoms with E-state index in [1.165, 1.54) is 0 Å². The Balaban J connectivity index is 2.23. The van der Waals surface area contributed by atoms with Crippen molar-refractivity contribution in [2.24, 2.45) is 0 Å². The molecule has 13 heavy (non-hydrogen) atoms. The van der Waals surface area contributed by atoms with E-state index in [1.54, 1.807) is 12.0 Å². The quantitative estimate of drug-likeness (QED) is 0.610. The van der Waals surface area contributed by atoms with Crippen molar-refractivity contribution >= 4 is 6.09 Å². The second-order valence-electron chi connectivity index (χ2n) is 2.98. The van der Waals surface area contributed by atoms with Gasteiger partial charge in [0.25, 0.3) is 0 Å². The van der Waals surface area contributed by atoms with Crippen LogP contribution in [0.15, 0.2) is 0 Å². The molecule has 0 bridgehead atoms. The Morgan fingerprint density at radius 2 is 2.54 bits per heavy atom. The molecule has 1 rings (SSSR count). The van der Waals surface area contributed by atoms with Crippen LogP contribution >= 0.6 is 0 Å². The van der Waals surface area contributed by atoms with Crippen molar-refractivity contribution in [3.05, 3.63) is 0 Å². The van der Waals surface area contributed by atoms with Crippen molar-refractivity contribution in [3.63, 3.8) is 0 Å². The maximum absolute atomic E-state index is 11.1. The summed E-state index contributed by atoms with van der Waals surface area (Å²) in [6.45, 7) is 1.64.